The van der Waals surface area contributed by atoms with Crippen LogP contribution in [0.3, 0.4) is 0 Å². The normalized spacial score (nSPS) is 9.73. The van der Waals surface area contributed by atoms with E-state index in [1.165, 1.54) is 6.20 Å². The minimum Gasteiger partial charge on any atom is -0.477 e. The molecule has 0 atom stereocenters. The second-order valence-corrected chi connectivity index (χ2v) is 2.94. The Morgan fingerprint density at radius 2 is 2.33 bits per heavy atom. The van der Waals surface area contributed by atoms with E-state index < -0.39 is 5.97 Å². The molecule has 0 aliphatic carbocycles. The molecule has 15 heavy (non-hydrogen) atoms. The van der Waals surface area contributed by atoms with Crippen LogP contribution < -0.4 is 10.6 Å². The number of rotatable bonds is 5. The number of carboxylic acids is 1. The number of nitrogens with zero attached hydrogens (tertiary/aromatic N) is 2. The van der Waals surface area contributed by atoms with Crippen molar-refractivity contribution in [2.45, 2.75) is 13.3 Å². The Labute approximate surface area is 87.8 Å². The molecule has 0 saturated heterocycles. The monoisotopic (exact) mass is 210 g/mol. The van der Waals surface area contributed by atoms with Gasteiger partial charge in [-0.25, -0.2) is 9.78 Å². The molecule has 1 aromatic heterocycles. The number of nitrogens with one attached hydrogen (secondary N) is 2. The lowest BCUT2D eigenvalue weighted by Gasteiger charge is -2.08. The number of anilines is 2. The molecule has 0 radical (unpaired) electrons. The maximum absolute atomic E-state index is 10.8. The van der Waals surface area contributed by atoms with E-state index in [0.29, 0.717) is 18.3 Å². The minimum absolute atomic E-state index is 0.0856. The van der Waals surface area contributed by atoms with Gasteiger partial charge in [0.2, 0.25) is 5.95 Å². The third-order valence-electron chi connectivity index (χ3n) is 1.79. The molecule has 0 amide bonds. The lowest BCUT2D eigenvalue weighted by Crippen LogP contribution is -2.11. The Balaban J connectivity index is 2.99. The Morgan fingerprint density at radius 3 is 2.87 bits per heavy atom. The number of aromatic carboxylic acids is 1. The molecule has 6 heteroatoms. The van der Waals surface area contributed by atoms with Gasteiger partial charge in [-0.05, 0) is 6.42 Å². The average molecular weight is 210 g/mol. The fraction of sp³-hybridized carbons (Fsp3) is 0.444. The molecule has 6 nitrogen and oxygen atoms in total. The van der Waals surface area contributed by atoms with Crippen molar-refractivity contribution < 1.29 is 9.90 Å². The highest BCUT2D eigenvalue weighted by atomic mass is 16.4. The maximum Gasteiger partial charge on any atom is 0.341 e. The molecule has 0 unspecified atom stereocenters. The second-order valence-electron chi connectivity index (χ2n) is 2.94. The molecule has 1 aromatic rings. The predicted molar refractivity (Wildman–Crippen MR) is 57.3 cm³/mol. The van der Waals surface area contributed by atoms with Crippen LogP contribution in [0.1, 0.15) is 23.7 Å². The lowest BCUT2D eigenvalue weighted by molar-refractivity contribution is 0.0697. The number of carboxylic acid groups (broad SMARTS) is 1. The molecule has 0 saturated carbocycles. The summed E-state index contributed by atoms with van der Waals surface area (Å²) in [5.74, 6) is -0.279. The van der Waals surface area contributed by atoms with E-state index in [1.807, 2.05) is 6.92 Å². The van der Waals surface area contributed by atoms with Gasteiger partial charge in [0.25, 0.3) is 0 Å². The summed E-state index contributed by atoms with van der Waals surface area (Å²) in [7, 11) is 1.68. The van der Waals surface area contributed by atoms with Crippen LogP contribution in [0.5, 0.6) is 0 Å². The predicted octanol–water partition coefficient (Wildman–Crippen LogP) is 1.04. The Morgan fingerprint density at radius 1 is 1.60 bits per heavy atom. The van der Waals surface area contributed by atoms with Gasteiger partial charge in [-0.1, -0.05) is 6.92 Å². The Bertz CT molecular complexity index is 354. The van der Waals surface area contributed by atoms with Crippen molar-refractivity contribution in [1.82, 2.24) is 9.97 Å². The topological polar surface area (TPSA) is 87.1 Å². The first kappa shape index (κ1) is 11.2. The molecule has 0 fully saturated rings. The van der Waals surface area contributed by atoms with Gasteiger partial charge >= 0.3 is 5.97 Å². The summed E-state index contributed by atoms with van der Waals surface area (Å²) in [4.78, 5) is 18.7. The third kappa shape index (κ3) is 2.80. The third-order valence-corrected chi connectivity index (χ3v) is 1.79. The van der Waals surface area contributed by atoms with Gasteiger partial charge in [0.15, 0.2) is 0 Å². The Kier molecular flexibility index (Phi) is 3.84. The molecule has 1 rings (SSSR count). The SMILES string of the molecule is CCCNc1nc(NC)ncc1C(=O)O. The lowest BCUT2D eigenvalue weighted by atomic mass is 10.3. The molecule has 0 bridgehead atoms. The average Bonchev–Trinajstić information content (AvgIpc) is 2.25. The van der Waals surface area contributed by atoms with E-state index in [1.54, 1.807) is 7.05 Å². The zero-order valence-corrected chi connectivity index (χ0v) is 8.74. The smallest absolute Gasteiger partial charge is 0.341 e. The van der Waals surface area contributed by atoms with E-state index >= 15 is 0 Å². The highest BCUT2D eigenvalue weighted by molar-refractivity contribution is 5.92. The van der Waals surface area contributed by atoms with Crippen LogP contribution >= 0.6 is 0 Å². The van der Waals surface area contributed by atoms with Crippen molar-refractivity contribution in [1.29, 1.82) is 0 Å². The molecule has 82 valence electrons. The van der Waals surface area contributed by atoms with Crippen LogP contribution in [0.15, 0.2) is 6.20 Å². The zero-order valence-electron chi connectivity index (χ0n) is 8.74. The number of hydrogen-bond donors (Lipinski definition) is 3. The van der Waals surface area contributed by atoms with Gasteiger partial charge in [-0.15, -0.1) is 0 Å². The van der Waals surface area contributed by atoms with E-state index in [9.17, 15) is 4.79 Å². The number of aromatic nitrogens is 2. The largest absolute Gasteiger partial charge is 0.477 e. The molecule has 0 spiro atoms. The first-order chi connectivity index (χ1) is 7.19. The number of hydrogen-bond acceptors (Lipinski definition) is 5. The molecule has 1 heterocycles. The first-order valence-corrected chi connectivity index (χ1v) is 4.71. The first-order valence-electron chi connectivity index (χ1n) is 4.71. The molecular weight excluding hydrogens is 196 g/mol. The fourth-order valence-electron chi connectivity index (χ4n) is 1.04. The summed E-state index contributed by atoms with van der Waals surface area (Å²) in [5, 5.41) is 14.6. The molecule has 0 aliphatic rings. The van der Waals surface area contributed by atoms with Gasteiger partial charge in [0, 0.05) is 19.8 Å². The van der Waals surface area contributed by atoms with E-state index in [-0.39, 0.29) is 5.56 Å². The van der Waals surface area contributed by atoms with Gasteiger partial charge < -0.3 is 15.7 Å². The summed E-state index contributed by atoms with van der Waals surface area (Å²) in [6, 6.07) is 0. The molecule has 0 aliphatic heterocycles. The van der Waals surface area contributed by atoms with Crippen molar-refractivity contribution in [2.24, 2.45) is 0 Å². The van der Waals surface area contributed by atoms with Crippen LogP contribution in [-0.4, -0.2) is 34.6 Å². The second kappa shape index (κ2) is 5.14. The standard InChI is InChI=1S/C9H14N4O2/c1-3-4-11-7-6(8(14)15)5-12-9(10-2)13-7/h5H,3-4H2,1-2H3,(H,14,15)(H2,10,11,12,13). The summed E-state index contributed by atoms with van der Waals surface area (Å²) < 4.78 is 0. The maximum atomic E-state index is 10.8. The quantitative estimate of drug-likeness (QED) is 0.673. The highest BCUT2D eigenvalue weighted by Crippen LogP contribution is 2.13. The summed E-state index contributed by atoms with van der Waals surface area (Å²) in [6.45, 7) is 2.67. The highest BCUT2D eigenvalue weighted by Gasteiger charge is 2.12. The van der Waals surface area contributed by atoms with Crippen molar-refractivity contribution >= 4 is 17.7 Å². The van der Waals surface area contributed by atoms with Crippen molar-refractivity contribution in [3.8, 4) is 0 Å². The Hall–Kier alpha value is -1.85. The van der Waals surface area contributed by atoms with Crippen LogP contribution in [-0.2, 0) is 0 Å². The summed E-state index contributed by atoms with van der Waals surface area (Å²) >= 11 is 0. The molecule has 0 aromatic carbocycles. The zero-order chi connectivity index (χ0) is 11.3. The summed E-state index contributed by atoms with van der Waals surface area (Å²) in [6.07, 6.45) is 2.19. The number of carbonyl (C=O) groups is 1. The van der Waals surface area contributed by atoms with E-state index in [4.69, 9.17) is 5.11 Å². The molecule has 3 N–H and O–H groups in total. The van der Waals surface area contributed by atoms with E-state index in [2.05, 4.69) is 20.6 Å². The van der Waals surface area contributed by atoms with Crippen LogP contribution in [0.4, 0.5) is 11.8 Å². The van der Waals surface area contributed by atoms with Crippen LogP contribution in [0.2, 0.25) is 0 Å². The van der Waals surface area contributed by atoms with Crippen molar-refractivity contribution in [3.05, 3.63) is 11.8 Å². The summed E-state index contributed by atoms with van der Waals surface area (Å²) in [5.41, 5.74) is 0.0856. The molecular formula is C9H14N4O2. The van der Waals surface area contributed by atoms with Crippen LogP contribution in [0.25, 0.3) is 0 Å². The van der Waals surface area contributed by atoms with Crippen LogP contribution in [0, 0.1) is 0 Å². The van der Waals surface area contributed by atoms with E-state index in [0.717, 1.165) is 6.42 Å². The van der Waals surface area contributed by atoms with Gasteiger partial charge in [-0.3, -0.25) is 0 Å². The minimum atomic E-state index is -1.03. The van der Waals surface area contributed by atoms with Crippen molar-refractivity contribution in [3.63, 3.8) is 0 Å². The van der Waals surface area contributed by atoms with Gasteiger partial charge in [0.1, 0.15) is 11.4 Å². The fourth-order valence-corrected chi connectivity index (χ4v) is 1.04. The van der Waals surface area contributed by atoms with Gasteiger partial charge in [0.05, 0.1) is 0 Å². The van der Waals surface area contributed by atoms with Crippen molar-refractivity contribution in [2.75, 3.05) is 24.2 Å². The van der Waals surface area contributed by atoms with Gasteiger partial charge in [-0.2, -0.15) is 4.98 Å².